The molecule has 0 aromatic rings. The van der Waals surface area contributed by atoms with Crippen LogP contribution in [0.15, 0.2) is 0 Å². The van der Waals surface area contributed by atoms with Crippen LogP contribution in [0.25, 0.3) is 0 Å². The molecule has 68 valence electrons. The quantitative estimate of drug-likeness (QED) is 0.250. The van der Waals surface area contributed by atoms with Crippen molar-refractivity contribution in [2.45, 2.75) is 39.0 Å². The summed E-state index contributed by atoms with van der Waals surface area (Å²) >= 11 is 0. The highest BCUT2D eigenvalue weighted by Crippen LogP contribution is 2.00. The molecule has 0 saturated carbocycles. The number of hydrogen-bond acceptors (Lipinski definition) is 3. The number of carbonyl (C=O) groups excluding carboxylic acids is 3. The van der Waals surface area contributed by atoms with Crippen LogP contribution in [-0.2, 0) is 14.4 Å². The van der Waals surface area contributed by atoms with Gasteiger partial charge in [0.1, 0.15) is 6.29 Å². The van der Waals surface area contributed by atoms with E-state index in [-0.39, 0.29) is 6.42 Å². The second-order valence-electron chi connectivity index (χ2n) is 2.67. The molecule has 0 N–H and O–H groups in total. The molecule has 3 heteroatoms. The Morgan fingerprint density at radius 1 is 1.17 bits per heavy atom. The zero-order valence-corrected chi connectivity index (χ0v) is 7.34. The van der Waals surface area contributed by atoms with Crippen molar-refractivity contribution in [3.63, 3.8) is 0 Å². The normalized spacial score (nSPS) is 9.42. The Morgan fingerprint density at radius 2 is 1.83 bits per heavy atom. The fraction of sp³-hybridized carbons (Fsp3) is 0.667. The van der Waals surface area contributed by atoms with E-state index < -0.39 is 11.6 Å². The summed E-state index contributed by atoms with van der Waals surface area (Å²) in [5.41, 5.74) is 0. The van der Waals surface area contributed by atoms with Crippen molar-refractivity contribution in [3.05, 3.63) is 0 Å². The predicted molar refractivity (Wildman–Crippen MR) is 44.8 cm³/mol. The zero-order chi connectivity index (χ0) is 9.40. The van der Waals surface area contributed by atoms with Gasteiger partial charge in [-0.25, -0.2) is 0 Å². The van der Waals surface area contributed by atoms with Gasteiger partial charge in [-0.3, -0.25) is 9.59 Å². The van der Waals surface area contributed by atoms with Gasteiger partial charge in [0, 0.05) is 6.42 Å². The first-order chi connectivity index (χ1) is 5.72. The maximum Gasteiger partial charge on any atom is 0.205 e. The summed E-state index contributed by atoms with van der Waals surface area (Å²) in [6.45, 7) is 2.03. The Hall–Kier alpha value is -0.990. The van der Waals surface area contributed by atoms with E-state index >= 15 is 0 Å². The van der Waals surface area contributed by atoms with Crippen LogP contribution in [0.2, 0.25) is 0 Å². The third-order valence-corrected chi connectivity index (χ3v) is 1.59. The van der Waals surface area contributed by atoms with E-state index in [1.165, 1.54) is 0 Å². The number of rotatable bonds is 7. The SMILES string of the molecule is CCCCCC(=O)C(=O)CC=O. The number of Topliss-reactive ketones (excluding diaryl/α,β-unsaturated/α-hetero) is 2. The number of aldehydes is 1. The minimum atomic E-state index is -0.555. The minimum absolute atomic E-state index is 0.259. The highest BCUT2D eigenvalue weighted by Gasteiger charge is 2.11. The van der Waals surface area contributed by atoms with Crippen molar-refractivity contribution in [2.24, 2.45) is 0 Å². The van der Waals surface area contributed by atoms with Gasteiger partial charge in [0.25, 0.3) is 0 Å². The molecule has 0 amide bonds. The summed E-state index contributed by atoms with van der Waals surface area (Å²) in [5.74, 6) is -0.961. The van der Waals surface area contributed by atoms with Crippen LogP contribution < -0.4 is 0 Å². The minimum Gasteiger partial charge on any atom is -0.303 e. The van der Waals surface area contributed by atoms with Gasteiger partial charge in [0.05, 0.1) is 6.42 Å². The van der Waals surface area contributed by atoms with E-state index in [0.29, 0.717) is 12.7 Å². The Morgan fingerprint density at radius 3 is 2.33 bits per heavy atom. The van der Waals surface area contributed by atoms with E-state index in [4.69, 9.17) is 0 Å². The van der Waals surface area contributed by atoms with Crippen LogP contribution in [0, 0.1) is 0 Å². The topological polar surface area (TPSA) is 51.2 Å². The molecule has 0 atom stereocenters. The van der Waals surface area contributed by atoms with E-state index in [2.05, 4.69) is 0 Å². The molecule has 12 heavy (non-hydrogen) atoms. The molecular weight excluding hydrogens is 156 g/mol. The van der Waals surface area contributed by atoms with Gasteiger partial charge in [-0.1, -0.05) is 19.8 Å². The van der Waals surface area contributed by atoms with Crippen LogP contribution in [0.4, 0.5) is 0 Å². The van der Waals surface area contributed by atoms with Gasteiger partial charge in [-0.05, 0) is 6.42 Å². The van der Waals surface area contributed by atoms with E-state index in [1.54, 1.807) is 0 Å². The Bertz CT molecular complexity index is 173. The second-order valence-corrected chi connectivity index (χ2v) is 2.67. The molecule has 0 aliphatic heterocycles. The summed E-state index contributed by atoms with van der Waals surface area (Å²) < 4.78 is 0. The Balaban J connectivity index is 3.57. The van der Waals surface area contributed by atoms with Crippen molar-refractivity contribution in [1.82, 2.24) is 0 Å². The first kappa shape index (κ1) is 11.0. The summed E-state index contributed by atoms with van der Waals surface area (Å²) in [6.07, 6.45) is 3.24. The van der Waals surface area contributed by atoms with Crippen LogP contribution in [0.1, 0.15) is 39.0 Å². The van der Waals surface area contributed by atoms with Crippen molar-refractivity contribution in [1.29, 1.82) is 0 Å². The predicted octanol–water partition coefficient (Wildman–Crippen LogP) is 1.29. The number of ketones is 2. The number of carbonyl (C=O) groups is 3. The van der Waals surface area contributed by atoms with Crippen LogP contribution >= 0.6 is 0 Å². The zero-order valence-electron chi connectivity index (χ0n) is 7.34. The molecule has 0 fully saturated rings. The summed E-state index contributed by atoms with van der Waals surface area (Å²) in [4.78, 5) is 31.5. The van der Waals surface area contributed by atoms with Crippen molar-refractivity contribution >= 4 is 17.9 Å². The van der Waals surface area contributed by atoms with Crippen molar-refractivity contribution in [2.75, 3.05) is 0 Å². The molecule has 0 aromatic heterocycles. The molecule has 0 saturated heterocycles. The third-order valence-electron chi connectivity index (χ3n) is 1.59. The van der Waals surface area contributed by atoms with Crippen molar-refractivity contribution in [3.8, 4) is 0 Å². The Labute approximate surface area is 72.1 Å². The highest BCUT2D eigenvalue weighted by molar-refractivity contribution is 6.39. The smallest absolute Gasteiger partial charge is 0.205 e. The van der Waals surface area contributed by atoms with E-state index in [0.717, 1.165) is 19.3 Å². The Kier molecular flexibility index (Phi) is 6.15. The van der Waals surface area contributed by atoms with Gasteiger partial charge < -0.3 is 4.79 Å². The van der Waals surface area contributed by atoms with Crippen molar-refractivity contribution < 1.29 is 14.4 Å². The fourth-order valence-electron chi connectivity index (χ4n) is 0.864. The lowest BCUT2D eigenvalue weighted by molar-refractivity contribution is -0.137. The second kappa shape index (κ2) is 6.70. The maximum absolute atomic E-state index is 10.9. The first-order valence-electron chi connectivity index (χ1n) is 4.22. The summed E-state index contributed by atoms with van der Waals surface area (Å²) in [5, 5.41) is 0. The molecule has 0 heterocycles. The average Bonchev–Trinajstić information content (AvgIpc) is 2.05. The van der Waals surface area contributed by atoms with Crippen LogP contribution in [0.3, 0.4) is 0 Å². The molecule has 0 rings (SSSR count). The van der Waals surface area contributed by atoms with Gasteiger partial charge in [0.15, 0.2) is 5.78 Å². The summed E-state index contributed by atoms with van der Waals surface area (Å²) in [6, 6.07) is 0. The van der Waals surface area contributed by atoms with Gasteiger partial charge in [-0.15, -0.1) is 0 Å². The summed E-state index contributed by atoms with van der Waals surface area (Å²) in [7, 11) is 0. The maximum atomic E-state index is 10.9. The van der Waals surface area contributed by atoms with Crippen LogP contribution in [0.5, 0.6) is 0 Å². The highest BCUT2D eigenvalue weighted by atomic mass is 16.2. The molecule has 0 bridgehead atoms. The van der Waals surface area contributed by atoms with E-state index in [1.807, 2.05) is 6.92 Å². The molecule has 0 radical (unpaired) electrons. The van der Waals surface area contributed by atoms with Crippen LogP contribution in [-0.4, -0.2) is 17.9 Å². The molecular formula is C9H14O3. The lowest BCUT2D eigenvalue weighted by Gasteiger charge is -1.95. The molecule has 0 aliphatic rings. The third kappa shape index (κ3) is 4.77. The monoisotopic (exact) mass is 170 g/mol. The average molecular weight is 170 g/mol. The molecule has 0 spiro atoms. The fourth-order valence-corrected chi connectivity index (χ4v) is 0.864. The van der Waals surface area contributed by atoms with Gasteiger partial charge in [-0.2, -0.15) is 0 Å². The number of hydrogen-bond donors (Lipinski definition) is 0. The van der Waals surface area contributed by atoms with E-state index in [9.17, 15) is 14.4 Å². The standard InChI is InChI=1S/C9H14O3/c1-2-3-4-5-8(11)9(12)6-7-10/h7H,2-6H2,1H3. The van der Waals surface area contributed by atoms with Gasteiger partial charge in [0.2, 0.25) is 5.78 Å². The first-order valence-corrected chi connectivity index (χ1v) is 4.22. The molecule has 0 aliphatic carbocycles. The lowest BCUT2D eigenvalue weighted by Crippen LogP contribution is -2.13. The molecule has 0 unspecified atom stereocenters. The van der Waals surface area contributed by atoms with Gasteiger partial charge >= 0.3 is 0 Å². The molecule has 0 aromatic carbocycles. The molecule has 3 nitrogen and oxygen atoms in total. The largest absolute Gasteiger partial charge is 0.303 e. The lowest BCUT2D eigenvalue weighted by atomic mass is 10.1. The number of unbranched alkanes of at least 4 members (excludes halogenated alkanes) is 2.